The molecule has 0 unspecified atom stereocenters. The Hall–Kier alpha value is -2.10. The summed E-state index contributed by atoms with van der Waals surface area (Å²) in [6.07, 6.45) is 5.48. The molecule has 0 saturated carbocycles. The molecule has 0 radical (unpaired) electrons. The van der Waals surface area contributed by atoms with Crippen LogP contribution in [0, 0.1) is 6.92 Å². The number of nitrogens with zero attached hydrogens (tertiary/aromatic N) is 2. The maximum atomic E-state index is 4.38. The van der Waals surface area contributed by atoms with E-state index in [0.717, 1.165) is 27.9 Å². The lowest BCUT2D eigenvalue weighted by Gasteiger charge is -1.95. The summed E-state index contributed by atoms with van der Waals surface area (Å²) in [6, 6.07) is 4.12. The lowest BCUT2D eigenvalue weighted by atomic mass is 10.2. The van der Waals surface area contributed by atoms with E-state index in [2.05, 4.69) is 26.2 Å². The summed E-state index contributed by atoms with van der Waals surface area (Å²) in [4.78, 5) is 7.67. The van der Waals surface area contributed by atoms with Crippen LogP contribution in [0.15, 0.2) is 30.7 Å². The molecule has 0 aliphatic heterocycles. The first kappa shape index (κ1) is 8.23. The molecule has 3 heterocycles. The van der Waals surface area contributed by atoms with Crippen LogP contribution in [-0.2, 0) is 0 Å². The van der Waals surface area contributed by atoms with E-state index in [1.807, 2.05) is 25.4 Å². The fourth-order valence-electron chi connectivity index (χ4n) is 1.72. The van der Waals surface area contributed by atoms with Crippen LogP contribution < -0.4 is 0 Å². The van der Waals surface area contributed by atoms with Crippen LogP contribution in [0.1, 0.15) is 5.69 Å². The van der Waals surface area contributed by atoms with Gasteiger partial charge in [-0.15, -0.1) is 0 Å². The van der Waals surface area contributed by atoms with Gasteiger partial charge < -0.3 is 4.98 Å². The summed E-state index contributed by atoms with van der Waals surface area (Å²) in [6.45, 7) is 2.04. The van der Waals surface area contributed by atoms with Crippen molar-refractivity contribution < 1.29 is 0 Å². The van der Waals surface area contributed by atoms with Gasteiger partial charge in [0.1, 0.15) is 0 Å². The second kappa shape index (κ2) is 2.95. The SMILES string of the molecule is Cc1cc2cnc(-c3cn[nH]c3)cc2[nH]1. The van der Waals surface area contributed by atoms with E-state index in [-0.39, 0.29) is 0 Å². The van der Waals surface area contributed by atoms with Gasteiger partial charge in [0.2, 0.25) is 0 Å². The summed E-state index contributed by atoms with van der Waals surface area (Å²) in [5.74, 6) is 0. The van der Waals surface area contributed by atoms with Crippen molar-refractivity contribution in [3.05, 3.63) is 36.4 Å². The lowest BCUT2D eigenvalue weighted by molar-refractivity contribution is 1.09. The molecule has 3 aromatic heterocycles. The normalized spacial score (nSPS) is 11.0. The van der Waals surface area contributed by atoms with E-state index >= 15 is 0 Å². The van der Waals surface area contributed by atoms with Gasteiger partial charge in [-0.05, 0) is 19.1 Å². The smallest absolute Gasteiger partial charge is 0.0754 e. The zero-order valence-corrected chi connectivity index (χ0v) is 8.28. The van der Waals surface area contributed by atoms with E-state index in [1.54, 1.807) is 6.20 Å². The average Bonchev–Trinajstić information content (AvgIpc) is 2.82. The molecule has 74 valence electrons. The second-order valence-electron chi connectivity index (χ2n) is 3.60. The first-order valence-corrected chi connectivity index (χ1v) is 4.77. The largest absolute Gasteiger partial charge is 0.359 e. The molecule has 0 fully saturated rings. The standard InChI is InChI=1S/C11H10N4/c1-7-2-8-4-12-10(3-11(8)15-7)9-5-13-14-6-9/h2-6,15H,1H3,(H,13,14). The predicted molar refractivity (Wildman–Crippen MR) is 58.4 cm³/mol. The number of nitrogens with one attached hydrogen (secondary N) is 2. The van der Waals surface area contributed by atoms with Crippen LogP contribution in [0.5, 0.6) is 0 Å². The van der Waals surface area contributed by atoms with E-state index in [9.17, 15) is 0 Å². The Bertz CT molecular complexity index is 592. The van der Waals surface area contributed by atoms with E-state index in [0.29, 0.717) is 0 Å². The van der Waals surface area contributed by atoms with Gasteiger partial charge in [-0.2, -0.15) is 5.10 Å². The number of fused-ring (bicyclic) bond motifs is 1. The minimum atomic E-state index is 0.929. The van der Waals surface area contributed by atoms with Gasteiger partial charge in [0, 0.05) is 34.6 Å². The van der Waals surface area contributed by atoms with E-state index in [1.165, 1.54) is 0 Å². The molecule has 0 aliphatic rings. The molecule has 15 heavy (non-hydrogen) atoms. The van der Waals surface area contributed by atoms with Crippen molar-refractivity contribution in [1.82, 2.24) is 20.2 Å². The molecular weight excluding hydrogens is 188 g/mol. The Morgan fingerprint density at radius 2 is 2.13 bits per heavy atom. The highest BCUT2D eigenvalue weighted by Crippen LogP contribution is 2.20. The first-order valence-electron chi connectivity index (χ1n) is 4.77. The van der Waals surface area contributed by atoms with Gasteiger partial charge in [0.05, 0.1) is 11.9 Å². The molecule has 0 aromatic carbocycles. The Morgan fingerprint density at radius 3 is 2.93 bits per heavy atom. The van der Waals surface area contributed by atoms with Crippen LogP contribution in [0.3, 0.4) is 0 Å². The van der Waals surface area contributed by atoms with Crippen LogP contribution in [0.2, 0.25) is 0 Å². The fraction of sp³-hybridized carbons (Fsp3) is 0.0909. The average molecular weight is 198 g/mol. The van der Waals surface area contributed by atoms with Crippen molar-refractivity contribution >= 4 is 10.9 Å². The minimum Gasteiger partial charge on any atom is -0.359 e. The van der Waals surface area contributed by atoms with Crippen LogP contribution in [0.4, 0.5) is 0 Å². The highest BCUT2D eigenvalue weighted by molar-refractivity contribution is 5.82. The molecule has 0 amide bonds. The summed E-state index contributed by atoms with van der Waals surface area (Å²) < 4.78 is 0. The van der Waals surface area contributed by atoms with Crippen molar-refractivity contribution in [2.75, 3.05) is 0 Å². The molecule has 0 atom stereocenters. The summed E-state index contributed by atoms with van der Waals surface area (Å²) >= 11 is 0. The maximum Gasteiger partial charge on any atom is 0.0754 e. The third-order valence-corrected chi connectivity index (χ3v) is 2.43. The Balaban J connectivity index is 2.21. The summed E-state index contributed by atoms with van der Waals surface area (Å²) in [5.41, 5.74) is 4.19. The van der Waals surface area contributed by atoms with Crippen molar-refractivity contribution in [2.24, 2.45) is 0 Å². The number of H-pyrrole nitrogens is 2. The van der Waals surface area contributed by atoms with Gasteiger partial charge in [-0.1, -0.05) is 0 Å². The number of rotatable bonds is 1. The summed E-state index contributed by atoms with van der Waals surface area (Å²) in [5, 5.41) is 7.83. The quantitative estimate of drug-likeness (QED) is 0.630. The zero-order chi connectivity index (χ0) is 10.3. The van der Waals surface area contributed by atoms with Gasteiger partial charge in [-0.3, -0.25) is 10.1 Å². The molecule has 2 N–H and O–H groups in total. The second-order valence-corrected chi connectivity index (χ2v) is 3.60. The monoisotopic (exact) mass is 198 g/mol. The Labute approximate surface area is 86.4 Å². The van der Waals surface area contributed by atoms with Crippen LogP contribution >= 0.6 is 0 Å². The Kier molecular flexibility index (Phi) is 1.62. The number of aromatic amines is 2. The van der Waals surface area contributed by atoms with Crippen LogP contribution in [0.25, 0.3) is 22.2 Å². The molecule has 0 spiro atoms. The van der Waals surface area contributed by atoms with E-state index in [4.69, 9.17) is 0 Å². The van der Waals surface area contributed by atoms with Gasteiger partial charge in [0.15, 0.2) is 0 Å². The highest BCUT2D eigenvalue weighted by Gasteiger charge is 2.03. The zero-order valence-electron chi connectivity index (χ0n) is 8.28. The topological polar surface area (TPSA) is 57.4 Å². The first-order chi connectivity index (χ1) is 7.33. The maximum absolute atomic E-state index is 4.38. The minimum absolute atomic E-state index is 0.929. The lowest BCUT2D eigenvalue weighted by Crippen LogP contribution is -1.80. The molecule has 0 saturated heterocycles. The number of aromatic nitrogens is 4. The molecule has 4 heteroatoms. The fourth-order valence-corrected chi connectivity index (χ4v) is 1.72. The van der Waals surface area contributed by atoms with E-state index < -0.39 is 0 Å². The van der Waals surface area contributed by atoms with Crippen molar-refractivity contribution in [1.29, 1.82) is 0 Å². The van der Waals surface area contributed by atoms with Crippen molar-refractivity contribution in [3.63, 3.8) is 0 Å². The Morgan fingerprint density at radius 1 is 1.20 bits per heavy atom. The van der Waals surface area contributed by atoms with Gasteiger partial charge >= 0.3 is 0 Å². The number of hydrogen-bond donors (Lipinski definition) is 2. The van der Waals surface area contributed by atoms with Crippen molar-refractivity contribution in [2.45, 2.75) is 6.92 Å². The molecule has 4 nitrogen and oxygen atoms in total. The molecule has 0 aliphatic carbocycles. The van der Waals surface area contributed by atoms with Gasteiger partial charge in [0.25, 0.3) is 0 Å². The number of pyridine rings is 1. The predicted octanol–water partition coefficient (Wildman–Crippen LogP) is 2.26. The molecule has 0 bridgehead atoms. The number of hydrogen-bond acceptors (Lipinski definition) is 2. The number of aryl methyl sites for hydroxylation is 1. The third-order valence-electron chi connectivity index (χ3n) is 2.43. The molecular formula is C11H10N4. The summed E-state index contributed by atoms with van der Waals surface area (Å²) in [7, 11) is 0. The molecule has 3 aromatic rings. The highest BCUT2D eigenvalue weighted by atomic mass is 15.1. The van der Waals surface area contributed by atoms with Crippen molar-refractivity contribution in [3.8, 4) is 11.3 Å². The third kappa shape index (κ3) is 1.30. The van der Waals surface area contributed by atoms with Gasteiger partial charge in [-0.25, -0.2) is 0 Å². The van der Waals surface area contributed by atoms with Crippen LogP contribution in [-0.4, -0.2) is 20.2 Å². The molecule has 3 rings (SSSR count).